The Morgan fingerprint density at radius 3 is 2.18 bits per heavy atom. The minimum Gasteiger partial charge on any atom is -0.481 e. The Kier molecular flexibility index (Phi) is 4.02. The lowest BCUT2D eigenvalue weighted by Crippen LogP contribution is -2.45. The lowest BCUT2D eigenvalue weighted by molar-refractivity contribution is -0.152. The molecule has 0 saturated heterocycles. The molecule has 4 nitrogen and oxygen atoms in total. The van der Waals surface area contributed by atoms with Gasteiger partial charge in [-0.15, -0.1) is 0 Å². The third-order valence-corrected chi connectivity index (χ3v) is 4.22. The van der Waals surface area contributed by atoms with Crippen molar-refractivity contribution in [2.24, 2.45) is 17.8 Å². The van der Waals surface area contributed by atoms with E-state index >= 15 is 0 Å². The van der Waals surface area contributed by atoms with Crippen LogP contribution in [0.2, 0.25) is 0 Å². The smallest absolute Gasteiger partial charge is 0.307 e. The van der Waals surface area contributed by atoms with Gasteiger partial charge >= 0.3 is 5.97 Å². The van der Waals surface area contributed by atoms with E-state index in [1.54, 1.807) is 0 Å². The number of carbonyl (C=O) groups excluding carboxylic acids is 1. The number of hydrogen-bond acceptors (Lipinski definition) is 2. The van der Waals surface area contributed by atoms with Gasteiger partial charge in [-0.25, -0.2) is 0 Å². The highest BCUT2D eigenvalue weighted by atomic mass is 16.4. The Balaban J connectivity index is 1.71. The highest BCUT2D eigenvalue weighted by Crippen LogP contribution is 2.34. The number of rotatable bonds is 4. The zero-order valence-electron chi connectivity index (χ0n) is 10.2. The van der Waals surface area contributed by atoms with Crippen molar-refractivity contribution < 1.29 is 14.7 Å². The van der Waals surface area contributed by atoms with Crippen LogP contribution in [0.1, 0.15) is 44.9 Å². The van der Waals surface area contributed by atoms with Crippen LogP contribution in [0.25, 0.3) is 0 Å². The van der Waals surface area contributed by atoms with Gasteiger partial charge in [-0.1, -0.05) is 19.3 Å². The van der Waals surface area contributed by atoms with E-state index in [2.05, 4.69) is 5.32 Å². The molecular weight excluding hydrogens is 218 g/mol. The molecule has 0 aliphatic heterocycles. The summed E-state index contributed by atoms with van der Waals surface area (Å²) in [5.74, 6) is -0.989. The third-order valence-electron chi connectivity index (χ3n) is 4.22. The van der Waals surface area contributed by atoms with Gasteiger partial charge in [-0.2, -0.15) is 0 Å². The molecule has 2 atom stereocenters. The van der Waals surface area contributed by atoms with Gasteiger partial charge in [-0.3, -0.25) is 9.59 Å². The van der Waals surface area contributed by atoms with E-state index < -0.39 is 11.9 Å². The van der Waals surface area contributed by atoms with Gasteiger partial charge in [0.2, 0.25) is 5.91 Å². The van der Waals surface area contributed by atoms with Gasteiger partial charge in [0.05, 0.1) is 11.8 Å². The molecule has 2 saturated carbocycles. The normalized spacial score (nSPS) is 29.4. The van der Waals surface area contributed by atoms with Crippen molar-refractivity contribution in [1.82, 2.24) is 5.32 Å². The van der Waals surface area contributed by atoms with Crippen molar-refractivity contribution >= 4 is 11.9 Å². The van der Waals surface area contributed by atoms with Crippen LogP contribution in [0.4, 0.5) is 0 Å². The second kappa shape index (κ2) is 5.52. The number of carbonyl (C=O) groups is 2. The molecule has 96 valence electrons. The van der Waals surface area contributed by atoms with E-state index in [9.17, 15) is 9.59 Å². The second-order valence-electron chi connectivity index (χ2n) is 5.38. The van der Waals surface area contributed by atoms with E-state index in [1.807, 2.05) is 0 Å². The predicted octanol–water partition coefficient (Wildman–Crippen LogP) is 1.79. The van der Waals surface area contributed by atoms with Crippen LogP contribution >= 0.6 is 0 Å². The molecule has 0 aromatic rings. The van der Waals surface area contributed by atoms with Gasteiger partial charge in [0.25, 0.3) is 0 Å². The quantitative estimate of drug-likeness (QED) is 0.786. The number of hydrogen-bond donors (Lipinski definition) is 2. The summed E-state index contributed by atoms with van der Waals surface area (Å²) in [7, 11) is 0. The Labute approximate surface area is 102 Å². The van der Waals surface area contributed by atoms with E-state index in [4.69, 9.17) is 5.11 Å². The number of amides is 1. The van der Waals surface area contributed by atoms with Crippen LogP contribution in [0.5, 0.6) is 0 Å². The standard InChI is InChI=1S/C13H21NO3/c15-12(10-6-7-11(10)13(16)17)14-8-9-4-2-1-3-5-9/h9-11H,1-8H2,(H,14,15)(H,16,17). The second-order valence-corrected chi connectivity index (χ2v) is 5.38. The Hall–Kier alpha value is -1.06. The van der Waals surface area contributed by atoms with Gasteiger partial charge in [0.15, 0.2) is 0 Å². The molecule has 0 radical (unpaired) electrons. The van der Waals surface area contributed by atoms with Crippen LogP contribution in [0.3, 0.4) is 0 Å². The topological polar surface area (TPSA) is 66.4 Å². The summed E-state index contributed by atoms with van der Waals surface area (Å²) in [6.07, 6.45) is 7.63. The monoisotopic (exact) mass is 239 g/mol. The summed E-state index contributed by atoms with van der Waals surface area (Å²) in [6.45, 7) is 0.738. The molecule has 0 bridgehead atoms. The summed E-state index contributed by atoms with van der Waals surface area (Å²) in [4.78, 5) is 22.6. The highest BCUT2D eigenvalue weighted by Gasteiger charge is 2.41. The minimum atomic E-state index is -0.825. The molecule has 0 spiro atoms. The lowest BCUT2D eigenvalue weighted by atomic mass is 9.73. The van der Waals surface area contributed by atoms with Crippen molar-refractivity contribution in [1.29, 1.82) is 0 Å². The molecule has 2 aliphatic carbocycles. The maximum atomic E-state index is 11.8. The summed E-state index contributed by atoms with van der Waals surface area (Å²) in [6, 6.07) is 0. The molecule has 4 heteroatoms. The average Bonchev–Trinajstić information content (AvgIpc) is 2.25. The van der Waals surface area contributed by atoms with Crippen LogP contribution < -0.4 is 5.32 Å². The molecule has 2 unspecified atom stereocenters. The van der Waals surface area contributed by atoms with Gasteiger partial charge in [0.1, 0.15) is 0 Å². The first-order valence-corrected chi connectivity index (χ1v) is 6.69. The zero-order valence-corrected chi connectivity index (χ0v) is 10.2. The zero-order chi connectivity index (χ0) is 12.3. The predicted molar refractivity (Wildman–Crippen MR) is 63.4 cm³/mol. The van der Waals surface area contributed by atoms with Crippen LogP contribution in [-0.4, -0.2) is 23.5 Å². The van der Waals surface area contributed by atoms with Crippen molar-refractivity contribution in [3.8, 4) is 0 Å². The summed E-state index contributed by atoms with van der Waals surface area (Å²) in [5, 5.41) is 11.8. The van der Waals surface area contributed by atoms with E-state index in [-0.39, 0.29) is 11.8 Å². The fourth-order valence-corrected chi connectivity index (χ4v) is 2.88. The molecule has 2 aliphatic rings. The largest absolute Gasteiger partial charge is 0.481 e. The Bertz CT molecular complexity index is 297. The average molecular weight is 239 g/mol. The van der Waals surface area contributed by atoms with E-state index in [1.165, 1.54) is 32.1 Å². The minimum absolute atomic E-state index is 0.0470. The third kappa shape index (κ3) is 2.99. The fourth-order valence-electron chi connectivity index (χ4n) is 2.88. The van der Waals surface area contributed by atoms with Gasteiger partial charge in [0, 0.05) is 6.54 Å². The maximum Gasteiger partial charge on any atom is 0.307 e. The van der Waals surface area contributed by atoms with Crippen LogP contribution in [0.15, 0.2) is 0 Å². The molecule has 2 fully saturated rings. The van der Waals surface area contributed by atoms with Crippen molar-refractivity contribution in [3.63, 3.8) is 0 Å². The lowest BCUT2D eigenvalue weighted by Gasteiger charge is -2.32. The molecule has 0 aromatic carbocycles. The summed E-state index contributed by atoms with van der Waals surface area (Å²) in [5.41, 5.74) is 0. The fraction of sp³-hybridized carbons (Fsp3) is 0.846. The summed E-state index contributed by atoms with van der Waals surface area (Å²) >= 11 is 0. The first-order valence-electron chi connectivity index (χ1n) is 6.69. The summed E-state index contributed by atoms with van der Waals surface area (Å²) < 4.78 is 0. The molecule has 17 heavy (non-hydrogen) atoms. The maximum absolute atomic E-state index is 11.8. The first kappa shape index (κ1) is 12.4. The highest BCUT2D eigenvalue weighted by molar-refractivity contribution is 5.86. The number of carboxylic acid groups (broad SMARTS) is 1. The molecular formula is C13H21NO3. The SMILES string of the molecule is O=C(O)C1CCC1C(=O)NCC1CCCCC1. The first-order chi connectivity index (χ1) is 8.18. The van der Waals surface area contributed by atoms with E-state index in [0.29, 0.717) is 12.3 Å². The molecule has 1 amide bonds. The van der Waals surface area contributed by atoms with Crippen LogP contribution in [0, 0.1) is 17.8 Å². The molecule has 2 N–H and O–H groups in total. The Morgan fingerprint density at radius 2 is 1.65 bits per heavy atom. The van der Waals surface area contributed by atoms with Gasteiger partial charge in [-0.05, 0) is 31.6 Å². The Morgan fingerprint density at radius 1 is 1.00 bits per heavy atom. The number of aliphatic carboxylic acids is 1. The van der Waals surface area contributed by atoms with Crippen molar-refractivity contribution in [2.45, 2.75) is 44.9 Å². The van der Waals surface area contributed by atoms with Crippen molar-refractivity contribution in [3.05, 3.63) is 0 Å². The molecule has 2 rings (SSSR count). The van der Waals surface area contributed by atoms with Crippen molar-refractivity contribution in [2.75, 3.05) is 6.54 Å². The molecule has 0 aromatic heterocycles. The van der Waals surface area contributed by atoms with Gasteiger partial charge < -0.3 is 10.4 Å². The van der Waals surface area contributed by atoms with E-state index in [0.717, 1.165) is 13.0 Å². The number of carboxylic acids is 1. The molecule has 0 heterocycles. The van der Waals surface area contributed by atoms with Crippen LogP contribution in [-0.2, 0) is 9.59 Å². The number of nitrogens with one attached hydrogen (secondary N) is 1.